The van der Waals surface area contributed by atoms with E-state index in [2.05, 4.69) is 0 Å². The van der Waals surface area contributed by atoms with Crippen molar-refractivity contribution in [3.63, 3.8) is 0 Å². The molecule has 0 amide bonds. The Morgan fingerprint density at radius 1 is 0.700 bits per heavy atom. The molecule has 0 aromatic rings. The zero-order valence-electron chi connectivity index (χ0n) is 17.6. The second kappa shape index (κ2) is 13.2. The lowest BCUT2D eigenvalue weighted by Gasteiger charge is -2.32. The molecule has 30 heavy (non-hydrogen) atoms. The Balaban J connectivity index is 0.000000303. The van der Waals surface area contributed by atoms with Crippen LogP contribution in [-0.4, -0.2) is 92.4 Å². The van der Waals surface area contributed by atoms with Crippen LogP contribution in [0.25, 0.3) is 0 Å². The highest BCUT2D eigenvalue weighted by Gasteiger charge is 2.39. The number of carbonyl (C=O) groups excluding carboxylic acids is 2. The van der Waals surface area contributed by atoms with E-state index in [9.17, 15) is 40.2 Å². The van der Waals surface area contributed by atoms with Crippen LogP contribution in [0.2, 0.25) is 0 Å². The number of aliphatic hydroxyl groups is 6. The maximum absolute atomic E-state index is 11.5. The third-order valence-electron chi connectivity index (χ3n) is 5.38. The van der Waals surface area contributed by atoms with Gasteiger partial charge >= 0.3 is 11.9 Å². The first-order valence-corrected chi connectivity index (χ1v) is 10.5. The van der Waals surface area contributed by atoms with Crippen molar-refractivity contribution in [2.45, 2.75) is 89.0 Å². The number of aliphatic hydroxyl groups excluding tert-OH is 6. The Bertz CT molecular complexity index is 504. The average molecular weight is 436 g/mol. The van der Waals surface area contributed by atoms with Gasteiger partial charge in [0, 0.05) is 0 Å². The van der Waals surface area contributed by atoms with Gasteiger partial charge in [-0.25, -0.2) is 0 Å². The van der Waals surface area contributed by atoms with Crippen molar-refractivity contribution in [1.82, 2.24) is 0 Å². The van der Waals surface area contributed by atoms with Crippen LogP contribution in [0.1, 0.15) is 52.4 Å². The number of ether oxygens (including phenoxy) is 2. The zero-order valence-corrected chi connectivity index (χ0v) is 17.6. The topological polar surface area (TPSA) is 174 Å². The minimum atomic E-state index is -1.15. The highest BCUT2D eigenvalue weighted by molar-refractivity contribution is 5.73. The van der Waals surface area contributed by atoms with Gasteiger partial charge in [0.05, 0.1) is 49.5 Å². The SMILES string of the molecule is CCCCOC(=O)C1CC(O)C(O)C(O)C1.CCOC(=O)C1CC(O)C(O)C(O)C1. The molecule has 0 aromatic heterocycles. The van der Waals surface area contributed by atoms with Gasteiger partial charge in [-0.3, -0.25) is 9.59 Å². The molecule has 0 heterocycles. The lowest BCUT2D eigenvalue weighted by Crippen LogP contribution is -2.46. The summed E-state index contributed by atoms with van der Waals surface area (Å²) in [5, 5.41) is 56.0. The molecular weight excluding hydrogens is 400 g/mol. The van der Waals surface area contributed by atoms with E-state index >= 15 is 0 Å². The molecule has 0 radical (unpaired) electrons. The molecule has 10 heteroatoms. The van der Waals surface area contributed by atoms with E-state index in [0.717, 1.165) is 12.8 Å². The van der Waals surface area contributed by atoms with Crippen LogP contribution in [0, 0.1) is 11.8 Å². The van der Waals surface area contributed by atoms with E-state index in [-0.39, 0.29) is 32.3 Å². The van der Waals surface area contributed by atoms with Crippen LogP contribution in [0.5, 0.6) is 0 Å². The Hall–Kier alpha value is -1.30. The number of carbonyl (C=O) groups is 2. The van der Waals surface area contributed by atoms with Crippen molar-refractivity contribution in [3.8, 4) is 0 Å². The van der Waals surface area contributed by atoms with Gasteiger partial charge in [-0.2, -0.15) is 0 Å². The molecule has 2 aliphatic rings. The van der Waals surface area contributed by atoms with E-state index in [1.165, 1.54) is 0 Å². The van der Waals surface area contributed by atoms with Crippen LogP contribution >= 0.6 is 0 Å². The summed E-state index contributed by atoms with van der Waals surface area (Å²) >= 11 is 0. The van der Waals surface area contributed by atoms with Crippen LogP contribution in [0.3, 0.4) is 0 Å². The molecule has 4 atom stereocenters. The monoisotopic (exact) mass is 436 g/mol. The molecule has 0 aromatic carbocycles. The minimum absolute atomic E-state index is 0.150. The van der Waals surface area contributed by atoms with Crippen LogP contribution in [0.4, 0.5) is 0 Å². The van der Waals surface area contributed by atoms with Gasteiger partial charge in [0.25, 0.3) is 0 Å². The fourth-order valence-electron chi connectivity index (χ4n) is 3.51. The van der Waals surface area contributed by atoms with Crippen LogP contribution in [-0.2, 0) is 19.1 Å². The summed E-state index contributed by atoms with van der Waals surface area (Å²) in [5.41, 5.74) is 0. The van der Waals surface area contributed by atoms with Crippen molar-refractivity contribution in [3.05, 3.63) is 0 Å². The van der Waals surface area contributed by atoms with E-state index < -0.39 is 60.4 Å². The first kappa shape index (κ1) is 26.7. The highest BCUT2D eigenvalue weighted by atomic mass is 16.5. The molecule has 0 spiro atoms. The maximum atomic E-state index is 11.5. The molecule has 2 fully saturated rings. The summed E-state index contributed by atoms with van der Waals surface area (Å²) < 4.78 is 9.78. The molecule has 4 unspecified atom stereocenters. The summed E-state index contributed by atoms with van der Waals surface area (Å²) in [6.45, 7) is 4.35. The number of unbranched alkanes of at least 4 members (excludes halogenated alkanes) is 1. The molecule has 2 rings (SSSR count). The minimum Gasteiger partial charge on any atom is -0.466 e. The Labute approximate surface area is 176 Å². The number of hydrogen-bond acceptors (Lipinski definition) is 10. The number of rotatable bonds is 6. The summed E-state index contributed by atoms with van der Waals surface area (Å²) in [4.78, 5) is 22.8. The highest BCUT2D eigenvalue weighted by Crippen LogP contribution is 2.27. The largest absolute Gasteiger partial charge is 0.466 e. The van der Waals surface area contributed by atoms with Crippen molar-refractivity contribution in [2.75, 3.05) is 13.2 Å². The predicted molar refractivity (Wildman–Crippen MR) is 104 cm³/mol. The molecule has 0 saturated heterocycles. The van der Waals surface area contributed by atoms with Gasteiger partial charge < -0.3 is 40.1 Å². The Morgan fingerprint density at radius 2 is 1.07 bits per heavy atom. The lowest BCUT2D eigenvalue weighted by molar-refractivity contribution is -0.160. The second-order valence-electron chi connectivity index (χ2n) is 7.86. The van der Waals surface area contributed by atoms with Gasteiger partial charge in [-0.15, -0.1) is 0 Å². The molecule has 0 bridgehead atoms. The molecule has 10 nitrogen and oxygen atoms in total. The van der Waals surface area contributed by atoms with Gasteiger partial charge in [-0.1, -0.05) is 13.3 Å². The summed E-state index contributed by atoms with van der Waals surface area (Å²) in [6, 6.07) is 0. The zero-order chi connectivity index (χ0) is 22.8. The fraction of sp³-hybridized carbons (Fsp3) is 0.900. The third kappa shape index (κ3) is 8.09. The first-order valence-electron chi connectivity index (χ1n) is 10.5. The summed E-state index contributed by atoms with van der Waals surface area (Å²) in [6.07, 6.45) is -4.13. The van der Waals surface area contributed by atoms with Gasteiger partial charge in [0.1, 0.15) is 12.2 Å². The van der Waals surface area contributed by atoms with Gasteiger partial charge in [0.2, 0.25) is 0 Å². The smallest absolute Gasteiger partial charge is 0.309 e. The summed E-state index contributed by atoms with van der Waals surface area (Å²) in [5.74, 6) is -1.83. The van der Waals surface area contributed by atoms with Gasteiger partial charge in [-0.05, 0) is 39.0 Å². The maximum Gasteiger partial charge on any atom is 0.309 e. The number of esters is 2. The van der Waals surface area contributed by atoms with Crippen LogP contribution < -0.4 is 0 Å². The van der Waals surface area contributed by atoms with Crippen molar-refractivity contribution < 1.29 is 49.7 Å². The van der Waals surface area contributed by atoms with E-state index in [0.29, 0.717) is 6.61 Å². The van der Waals surface area contributed by atoms with Crippen molar-refractivity contribution >= 4 is 11.9 Å². The fourth-order valence-corrected chi connectivity index (χ4v) is 3.51. The summed E-state index contributed by atoms with van der Waals surface area (Å²) in [7, 11) is 0. The molecular formula is C20H36O10. The standard InChI is InChI=1S/C11H20O5.C9H16O5/c1-2-3-4-16-11(15)7-5-8(12)10(14)9(13)6-7;1-2-14-9(13)5-3-6(10)8(12)7(11)4-5/h7-10,12-14H,2-6H2,1H3;5-8,10-12H,2-4H2,1H3. The third-order valence-corrected chi connectivity index (χ3v) is 5.38. The van der Waals surface area contributed by atoms with Gasteiger partial charge in [0.15, 0.2) is 0 Å². The quantitative estimate of drug-likeness (QED) is 0.221. The number of hydrogen-bond donors (Lipinski definition) is 6. The normalized spacial score (nSPS) is 36.3. The Kier molecular flexibility index (Phi) is 11.7. The molecule has 2 aliphatic carbocycles. The lowest BCUT2D eigenvalue weighted by atomic mass is 9.83. The Morgan fingerprint density at radius 3 is 1.40 bits per heavy atom. The van der Waals surface area contributed by atoms with E-state index in [1.54, 1.807) is 6.92 Å². The van der Waals surface area contributed by atoms with Crippen molar-refractivity contribution in [2.24, 2.45) is 11.8 Å². The molecule has 2 saturated carbocycles. The van der Waals surface area contributed by atoms with Crippen molar-refractivity contribution in [1.29, 1.82) is 0 Å². The molecule has 6 N–H and O–H groups in total. The molecule has 176 valence electrons. The first-order chi connectivity index (χ1) is 14.1. The predicted octanol–water partition coefficient (Wildman–Crippen LogP) is -1.14. The second-order valence-corrected chi connectivity index (χ2v) is 7.86. The molecule has 0 aliphatic heterocycles. The van der Waals surface area contributed by atoms with E-state index in [1.807, 2.05) is 6.92 Å². The average Bonchev–Trinajstić information content (AvgIpc) is 2.70. The van der Waals surface area contributed by atoms with E-state index in [4.69, 9.17) is 9.47 Å². The van der Waals surface area contributed by atoms with Crippen LogP contribution in [0.15, 0.2) is 0 Å².